The maximum absolute atomic E-state index is 12.0. The molecule has 0 radical (unpaired) electrons. The number of ketones is 1. The van der Waals surface area contributed by atoms with Crippen LogP contribution in [0.25, 0.3) is 11.0 Å². The summed E-state index contributed by atoms with van der Waals surface area (Å²) in [5.74, 6) is 0.314. The van der Waals surface area contributed by atoms with Crippen molar-refractivity contribution < 1.29 is 4.79 Å². The molecule has 0 spiro atoms. The van der Waals surface area contributed by atoms with Gasteiger partial charge in [0.25, 0.3) is 0 Å². The van der Waals surface area contributed by atoms with E-state index in [9.17, 15) is 4.79 Å². The Balaban J connectivity index is 2.14. The van der Waals surface area contributed by atoms with Crippen molar-refractivity contribution in [3.05, 3.63) is 29.6 Å². The average Bonchev–Trinajstić information content (AvgIpc) is 2.67. The number of nitrogens with one attached hydrogen (secondary N) is 1. The fourth-order valence-corrected chi connectivity index (χ4v) is 2.68. The lowest BCUT2D eigenvalue weighted by Crippen LogP contribution is -2.35. The molecule has 1 saturated heterocycles. The number of carbonyl (C=O) groups excluding carboxylic acids is 1. The summed E-state index contributed by atoms with van der Waals surface area (Å²) < 4.78 is 2.01. The summed E-state index contributed by atoms with van der Waals surface area (Å²) >= 11 is 0. The zero-order valence-corrected chi connectivity index (χ0v) is 10.7. The van der Waals surface area contributed by atoms with Crippen LogP contribution in [0.3, 0.4) is 0 Å². The van der Waals surface area contributed by atoms with Crippen LogP contribution in [0.2, 0.25) is 0 Å². The third kappa shape index (κ3) is 1.73. The van der Waals surface area contributed by atoms with Crippen molar-refractivity contribution in [3.8, 4) is 0 Å². The van der Waals surface area contributed by atoms with Crippen molar-refractivity contribution in [2.45, 2.75) is 19.3 Å². The number of nitrogens with zero attached hydrogens (tertiary/aromatic N) is 2. The van der Waals surface area contributed by atoms with Crippen LogP contribution in [-0.2, 0) is 11.8 Å². The smallest absolute Gasteiger partial charge is 0.142 e. The second-order valence-electron chi connectivity index (χ2n) is 4.99. The van der Waals surface area contributed by atoms with Gasteiger partial charge in [-0.25, -0.2) is 4.98 Å². The molecule has 1 aliphatic heterocycles. The van der Waals surface area contributed by atoms with Crippen molar-refractivity contribution >= 4 is 16.8 Å². The SMILES string of the molecule is Cc1ccc2c(C3CNCCC3=O)cn(C)c2n1. The summed E-state index contributed by atoms with van der Waals surface area (Å²) in [6, 6.07) is 4.08. The van der Waals surface area contributed by atoms with Gasteiger partial charge in [0.05, 0.1) is 5.92 Å². The summed E-state index contributed by atoms with van der Waals surface area (Å²) in [5, 5.41) is 4.40. The minimum Gasteiger partial charge on any atom is -0.335 e. The number of fused-ring (bicyclic) bond motifs is 1. The Bertz CT molecular complexity index is 615. The normalized spacial score (nSPS) is 20.6. The van der Waals surface area contributed by atoms with E-state index in [-0.39, 0.29) is 5.92 Å². The van der Waals surface area contributed by atoms with E-state index in [2.05, 4.69) is 16.4 Å². The third-order valence-corrected chi connectivity index (χ3v) is 3.65. The van der Waals surface area contributed by atoms with Gasteiger partial charge in [0.2, 0.25) is 0 Å². The van der Waals surface area contributed by atoms with E-state index in [0.717, 1.165) is 35.4 Å². The van der Waals surface area contributed by atoms with Crippen LogP contribution in [0.4, 0.5) is 0 Å². The van der Waals surface area contributed by atoms with Gasteiger partial charge in [-0.15, -0.1) is 0 Å². The number of rotatable bonds is 1. The van der Waals surface area contributed by atoms with Crippen LogP contribution >= 0.6 is 0 Å². The highest BCUT2D eigenvalue weighted by Crippen LogP contribution is 2.28. The van der Waals surface area contributed by atoms with Crippen molar-refractivity contribution in [1.82, 2.24) is 14.9 Å². The van der Waals surface area contributed by atoms with Gasteiger partial charge in [0.15, 0.2) is 0 Å². The molecule has 1 aliphatic rings. The minimum absolute atomic E-state index is 0.0213. The standard InChI is InChI=1S/C14H17N3O/c1-9-3-4-10-12(8-17(2)14(10)16-9)11-7-15-6-5-13(11)18/h3-4,8,11,15H,5-7H2,1-2H3. The molecule has 0 bridgehead atoms. The Labute approximate surface area is 106 Å². The largest absolute Gasteiger partial charge is 0.335 e. The molecule has 18 heavy (non-hydrogen) atoms. The van der Waals surface area contributed by atoms with E-state index in [1.165, 1.54) is 0 Å². The van der Waals surface area contributed by atoms with Gasteiger partial charge >= 0.3 is 0 Å². The second-order valence-corrected chi connectivity index (χ2v) is 4.99. The van der Waals surface area contributed by atoms with E-state index >= 15 is 0 Å². The van der Waals surface area contributed by atoms with Crippen LogP contribution in [0.5, 0.6) is 0 Å². The summed E-state index contributed by atoms with van der Waals surface area (Å²) in [4.78, 5) is 16.6. The number of hydrogen-bond acceptors (Lipinski definition) is 3. The number of aryl methyl sites for hydroxylation is 2. The van der Waals surface area contributed by atoms with Gasteiger partial charge in [0, 0.05) is 43.8 Å². The topological polar surface area (TPSA) is 46.9 Å². The molecule has 3 heterocycles. The molecule has 1 unspecified atom stereocenters. The first-order chi connectivity index (χ1) is 8.66. The highest BCUT2D eigenvalue weighted by molar-refractivity contribution is 5.93. The Morgan fingerprint density at radius 1 is 1.44 bits per heavy atom. The van der Waals surface area contributed by atoms with E-state index in [4.69, 9.17) is 0 Å². The summed E-state index contributed by atoms with van der Waals surface area (Å²) in [6.45, 7) is 3.53. The highest BCUT2D eigenvalue weighted by Gasteiger charge is 2.26. The van der Waals surface area contributed by atoms with Crippen molar-refractivity contribution in [2.75, 3.05) is 13.1 Å². The maximum atomic E-state index is 12.0. The molecule has 0 aromatic carbocycles. The number of pyridine rings is 1. The fourth-order valence-electron chi connectivity index (χ4n) is 2.68. The third-order valence-electron chi connectivity index (χ3n) is 3.65. The maximum Gasteiger partial charge on any atom is 0.142 e. The molecular formula is C14H17N3O. The van der Waals surface area contributed by atoms with Crippen molar-refractivity contribution in [3.63, 3.8) is 0 Å². The van der Waals surface area contributed by atoms with E-state index in [0.29, 0.717) is 12.2 Å². The minimum atomic E-state index is -0.0213. The molecule has 1 N–H and O–H groups in total. The second kappa shape index (κ2) is 4.21. The van der Waals surface area contributed by atoms with Crippen LogP contribution in [0, 0.1) is 6.92 Å². The molecule has 1 atom stereocenters. The molecule has 4 nitrogen and oxygen atoms in total. The average molecular weight is 243 g/mol. The molecule has 0 amide bonds. The number of piperidine rings is 1. The molecule has 0 aliphatic carbocycles. The monoisotopic (exact) mass is 243 g/mol. The van der Waals surface area contributed by atoms with Crippen molar-refractivity contribution in [1.29, 1.82) is 0 Å². The predicted octanol–water partition coefficient (Wildman–Crippen LogP) is 1.53. The van der Waals surface area contributed by atoms with Gasteiger partial charge in [-0.05, 0) is 24.6 Å². The van der Waals surface area contributed by atoms with Gasteiger partial charge in [-0.1, -0.05) is 0 Å². The Hall–Kier alpha value is -1.68. The van der Waals surface area contributed by atoms with Gasteiger partial charge in [-0.2, -0.15) is 0 Å². The van der Waals surface area contributed by atoms with Gasteiger partial charge in [0.1, 0.15) is 11.4 Å². The number of aromatic nitrogens is 2. The first kappa shape index (κ1) is 11.4. The van der Waals surface area contributed by atoms with E-state index in [1.54, 1.807) is 0 Å². The van der Waals surface area contributed by atoms with Crippen LogP contribution in [0.1, 0.15) is 23.6 Å². The molecule has 4 heteroatoms. The highest BCUT2D eigenvalue weighted by atomic mass is 16.1. The Morgan fingerprint density at radius 2 is 2.28 bits per heavy atom. The van der Waals surface area contributed by atoms with Crippen molar-refractivity contribution in [2.24, 2.45) is 7.05 Å². The Kier molecular flexibility index (Phi) is 2.67. The molecule has 94 valence electrons. The number of carbonyl (C=O) groups is 1. The fraction of sp³-hybridized carbons (Fsp3) is 0.429. The lowest BCUT2D eigenvalue weighted by atomic mass is 9.90. The molecular weight excluding hydrogens is 226 g/mol. The van der Waals surface area contributed by atoms with Gasteiger partial charge < -0.3 is 9.88 Å². The molecule has 2 aromatic heterocycles. The van der Waals surface area contributed by atoms with Crippen LogP contribution < -0.4 is 5.32 Å². The summed E-state index contributed by atoms with van der Waals surface area (Å²) in [7, 11) is 1.99. The zero-order valence-electron chi connectivity index (χ0n) is 10.7. The molecule has 3 rings (SSSR count). The van der Waals surface area contributed by atoms with Crippen LogP contribution in [0.15, 0.2) is 18.3 Å². The first-order valence-corrected chi connectivity index (χ1v) is 6.33. The van der Waals surface area contributed by atoms with Crippen LogP contribution in [-0.4, -0.2) is 28.4 Å². The number of hydrogen-bond donors (Lipinski definition) is 1. The lowest BCUT2D eigenvalue weighted by molar-refractivity contribution is -0.121. The summed E-state index contributed by atoms with van der Waals surface area (Å²) in [6.07, 6.45) is 2.67. The zero-order chi connectivity index (χ0) is 12.7. The number of Topliss-reactive ketones (excluding diaryl/α,β-unsaturated/α-hetero) is 1. The van der Waals surface area contributed by atoms with E-state index < -0.39 is 0 Å². The molecule has 2 aromatic rings. The van der Waals surface area contributed by atoms with E-state index in [1.807, 2.05) is 30.8 Å². The lowest BCUT2D eigenvalue weighted by Gasteiger charge is -2.21. The Morgan fingerprint density at radius 3 is 3.06 bits per heavy atom. The first-order valence-electron chi connectivity index (χ1n) is 6.33. The quantitative estimate of drug-likeness (QED) is 0.826. The predicted molar refractivity (Wildman–Crippen MR) is 70.7 cm³/mol. The molecule has 1 fully saturated rings. The molecule has 0 saturated carbocycles. The van der Waals surface area contributed by atoms with Gasteiger partial charge in [-0.3, -0.25) is 4.79 Å². The summed E-state index contributed by atoms with van der Waals surface area (Å²) in [5.41, 5.74) is 3.07.